The maximum atomic E-state index is 11.1. The predicted molar refractivity (Wildman–Crippen MR) is 154 cm³/mol. The van der Waals surface area contributed by atoms with E-state index in [1.165, 1.54) is 96.3 Å². The summed E-state index contributed by atoms with van der Waals surface area (Å²) in [6.07, 6.45) is 27.2. The third-order valence-electron chi connectivity index (χ3n) is 7.54. The molecular formula is C31H58NO6+. The molecule has 38 heavy (non-hydrogen) atoms. The Bertz CT molecular complexity index is 588. The molecule has 0 aliphatic heterocycles. The van der Waals surface area contributed by atoms with Gasteiger partial charge in [0.25, 0.3) is 0 Å². The highest BCUT2D eigenvalue weighted by molar-refractivity contribution is 5.67. The number of aliphatic carboxylic acids is 3. The van der Waals surface area contributed by atoms with E-state index in [4.69, 9.17) is 15.3 Å². The molecule has 0 saturated carbocycles. The lowest BCUT2D eigenvalue weighted by atomic mass is 10.0. The quantitative estimate of drug-likeness (QED) is 0.0506. The summed E-state index contributed by atoms with van der Waals surface area (Å²) in [5, 5.41) is 27.4. The van der Waals surface area contributed by atoms with Crippen LogP contribution in [0.2, 0.25) is 0 Å². The number of carbonyl (C=O) groups is 3. The number of allylic oxidation sites excluding steroid dienone is 2. The van der Waals surface area contributed by atoms with E-state index in [-0.39, 0.29) is 43.4 Å². The molecule has 0 aliphatic carbocycles. The second kappa shape index (κ2) is 25.4. The van der Waals surface area contributed by atoms with Crippen molar-refractivity contribution in [2.75, 3.05) is 26.2 Å². The first-order valence-corrected chi connectivity index (χ1v) is 15.5. The van der Waals surface area contributed by atoms with E-state index in [1.807, 2.05) is 0 Å². The van der Waals surface area contributed by atoms with Crippen molar-refractivity contribution in [1.29, 1.82) is 0 Å². The maximum absolute atomic E-state index is 11.1. The monoisotopic (exact) mass is 540 g/mol. The Labute approximate surface area is 232 Å². The molecule has 0 radical (unpaired) electrons. The molecule has 7 nitrogen and oxygen atoms in total. The van der Waals surface area contributed by atoms with Crippen LogP contribution in [0.1, 0.15) is 142 Å². The molecule has 0 unspecified atom stereocenters. The molecule has 0 bridgehead atoms. The molecule has 0 spiro atoms. The van der Waals surface area contributed by atoms with Gasteiger partial charge in [-0.05, 0) is 19.3 Å². The van der Waals surface area contributed by atoms with Gasteiger partial charge in [-0.25, -0.2) is 0 Å². The maximum Gasteiger partial charge on any atom is 0.309 e. The van der Waals surface area contributed by atoms with Gasteiger partial charge in [-0.15, -0.1) is 0 Å². The summed E-state index contributed by atoms with van der Waals surface area (Å²) in [5.41, 5.74) is 0. The average Bonchev–Trinajstić information content (AvgIpc) is 2.88. The number of nitrogens with zero attached hydrogens (tertiary/aromatic N) is 1. The SMILES string of the molecule is CCCCCCCCCCCCCCCCC/C=C/CCC[N+](CCC(=O)O)(CCC(=O)O)CCC(=O)O. The highest BCUT2D eigenvalue weighted by Gasteiger charge is 2.29. The Hall–Kier alpha value is -1.89. The van der Waals surface area contributed by atoms with Gasteiger partial charge < -0.3 is 19.8 Å². The van der Waals surface area contributed by atoms with E-state index in [9.17, 15) is 14.4 Å². The van der Waals surface area contributed by atoms with Crippen molar-refractivity contribution < 1.29 is 34.2 Å². The smallest absolute Gasteiger partial charge is 0.309 e. The van der Waals surface area contributed by atoms with Gasteiger partial charge in [-0.2, -0.15) is 0 Å². The van der Waals surface area contributed by atoms with Crippen molar-refractivity contribution in [1.82, 2.24) is 0 Å². The lowest BCUT2D eigenvalue weighted by Crippen LogP contribution is -2.52. The topological polar surface area (TPSA) is 112 Å². The molecule has 222 valence electrons. The number of carboxylic acids is 3. The molecule has 0 atom stereocenters. The zero-order valence-corrected chi connectivity index (χ0v) is 24.3. The molecule has 0 saturated heterocycles. The first kappa shape index (κ1) is 36.1. The summed E-state index contributed by atoms with van der Waals surface area (Å²) >= 11 is 0. The Morgan fingerprint density at radius 2 is 0.789 bits per heavy atom. The van der Waals surface area contributed by atoms with E-state index >= 15 is 0 Å². The predicted octanol–water partition coefficient (Wildman–Crippen LogP) is 7.83. The molecule has 0 aromatic heterocycles. The van der Waals surface area contributed by atoms with Crippen molar-refractivity contribution in [3.05, 3.63) is 12.2 Å². The van der Waals surface area contributed by atoms with E-state index < -0.39 is 17.9 Å². The summed E-state index contributed by atoms with van der Waals surface area (Å²) in [7, 11) is 0. The summed E-state index contributed by atoms with van der Waals surface area (Å²) in [6.45, 7) is 3.65. The molecule has 0 aromatic carbocycles. The van der Waals surface area contributed by atoms with Crippen LogP contribution >= 0.6 is 0 Å². The minimum Gasteiger partial charge on any atom is -0.481 e. The van der Waals surface area contributed by atoms with Crippen LogP contribution in [0.5, 0.6) is 0 Å². The summed E-state index contributed by atoms with van der Waals surface area (Å²) in [4.78, 5) is 33.4. The van der Waals surface area contributed by atoms with Crippen molar-refractivity contribution in [3.63, 3.8) is 0 Å². The number of rotatable bonds is 29. The fourth-order valence-electron chi connectivity index (χ4n) is 5.08. The first-order valence-electron chi connectivity index (χ1n) is 15.5. The summed E-state index contributed by atoms with van der Waals surface area (Å²) in [5.74, 6) is -2.83. The van der Waals surface area contributed by atoms with Crippen molar-refractivity contribution in [3.8, 4) is 0 Å². The first-order chi connectivity index (χ1) is 18.3. The highest BCUT2D eigenvalue weighted by Crippen LogP contribution is 2.16. The molecule has 0 fully saturated rings. The molecule has 0 aliphatic rings. The van der Waals surface area contributed by atoms with Crippen LogP contribution in [0.25, 0.3) is 0 Å². The number of carboxylic acid groups (broad SMARTS) is 3. The average molecular weight is 541 g/mol. The van der Waals surface area contributed by atoms with Crippen LogP contribution in [0.3, 0.4) is 0 Å². The number of unbranched alkanes of at least 4 members (excludes halogenated alkanes) is 16. The van der Waals surface area contributed by atoms with Crippen molar-refractivity contribution in [2.45, 2.75) is 142 Å². The third-order valence-corrected chi connectivity index (χ3v) is 7.54. The van der Waals surface area contributed by atoms with E-state index in [2.05, 4.69) is 19.1 Å². The number of hydrogen-bond donors (Lipinski definition) is 3. The fraction of sp³-hybridized carbons (Fsp3) is 0.839. The summed E-state index contributed by atoms with van der Waals surface area (Å²) in [6, 6.07) is 0. The van der Waals surface area contributed by atoms with Crippen LogP contribution in [-0.2, 0) is 14.4 Å². The number of hydrogen-bond acceptors (Lipinski definition) is 3. The molecule has 7 heteroatoms. The third kappa shape index (κ3) is 24.4. The van der Waals surface area contributed by atoms with Crippen molar-refractivity contribution in [2.24, 2.45) is 0 Å². The normalized spacial score (nSPS) is 11.8. The van der Waals surface area contributed by atoms with Gasteiger partial charge >= 0.3 is 17.9 Å². The van der Waals surface area contributed by atoms with Crippen LogP contribution < -0.4 is 0 Å². The Morgan fingerprint density at radius 3 is 1.13 bits per heavy atom. The van der Waals surface area contributed by atoms with Crippen LogP contribution in [0, 0.1) is 0 Å². The van der Waals surface area contributed by atoms with E-state index in [0.29, 0.717) is 6.54 Å². The molecule has 0 heterocycles. The standard InChI is InChI=1S/C31H57NO6/c1-2-3-4-5-6-7-8-9-10-11-12-13-14-15-16-17-18-19-20-21-25-32(26-22-29(33)34,27-23-30(35)36)28-24-31(37)38/h18-19H,2-17,20-28H2,1H3,(H2-,33,34,35,36,37,38)/p+1/b19-18+. The van der Waals surface area contributed by atoms with Gasteiger partial charge in [-0.3, -0.25) is 14.4 Å². The molecule has 0 rings (SSSR count). The van der Waals surface area contributed by atoms with Gasteiger partial charge in [-0.1, -0.05) is 109 Å². The van der Waals surface area contributed by atoms with Gasteiger partial charge in [0.2, 0.25) is 0 Å². The van der Waals surface area contributed by atoms with Crippen LogP contribution in [-0.4, -0.2) is 63.9 Å². The van der Waals surface area contributed by atoms with Gasteiger partial charge in [0.05, 0.1) is 45.4 Å². The minimum atomic E-state index is -0.943. The highest BCUT2D eigenvalue weighted by atomic mass is 16.4. The second-order valence-electron chi connectivity index (χ2n) is 11.0. The molecule has 3 N–H and O–H groups in total. The summed E-state index contributed by atoms with van der Waals surface area (Å²) < 4.78 is 0.234. The number of quaternary nitrogens is 1. The zero-order valence-electron chi connectivity index (χ0n) is 24.3. The lowest BCUT2D eigenvalue weighted by molar-refractivity contribution is -0.927. The van der Waals surface area contributed by atoms with Crippen LogP contribution in [0.15, 0.2) is 12.2 Å². The minimum absolute atomic E-state index is 0.0890. The van der Waals surface area contributed by atoms with Crippen molar-refractivity contribution >= 4 is 17.9 Å². The van der Waals surface area contributed by atoms with E-state index in [0.717, 1.165) is 19.3 Å². The van der Waals surface area contributed by atoms with Gasteiger partial charge in [0.15, 0.2) is 0 Å². The second-order valence-corrected chi connectivity index (χ2v) is 11.0. The lowest BCUT2D eigenvalue weighted by Gasteiger charge is -2.38. The van der Waals surface area contributed by atoms with Gasteiger partial charge in [0.1, 0.15) is 0 Å². The molecular weight excluding hydrogens is 482 g/mol. The Morgan fingerprint density at radius 1 is 0.474 bits per heavy atom. The Balaban J connectivity index is 3.96. The fourth-order valence-corrected chi connectivity index (χ4v) is 5.08. The van der Waals surface area contributed by atoms with Crippen LogP contribution in [0.4, 0.5) is 0 Å². The molecule has 0 aromatic rings. The largest absolute Gasteiger partial charge is 0.481 e. The zero-order chi connectivity index (χ0) is 28.3. The Kier molecular flexibility index (Phi) is 24.1. The van der Waals surface area contributed by atoms with Gasteiger partial charge in [0, 0.05) is 6.42 Å². The van der Waals surface area contributed by atoms with E-state index in [1.54, 1.807) is 0 Å². The molecule has 0 amide bonds.